The van der Waals surface area contributed by atoms with Crippen LogP contribution in [0.3, 0.4) is 0 Å². The number of hydrogen-bond acceptors (Lipinski definition) is 5. The van der Waals surface area contributed by atoms with Crippen LogP contribution in [0.1, 0.15) is 11.6 Å². The molecular weight excluding hydrogens is 341 g/mol. The zero-order valence-electron chi connectivity index (χ0n) is 14.5. The van der Waals surface area contributed by atoms with Crippen LogP contribution >= 0.6 is 0 Å². The quantitative estimate of drug-likeness (QED) is 0.577. The monoisotopic (exact) mass is 361 g/mol. The van der Waals surface area contributed by atoms with Crippen LogP contribution in [-0.2, 0) is 4.79 Å². The van der Waals surface area contributed by atoms with Crippen molar-refractivity contribution in [1.82, 2.24) is 10.2 Å². The largest absolute Gasteiger partial charge is 0.484 e. The molecule has 26 heavy (non-hydrogen) atoms. The van der Waals surface area contributed by atoms with Crippen LogP contribution in [0, 0.1) is 15.9 Å². The number of amides is 1. The minimum atomic E-state index is -0.507. The summed E-state index contributed by atoms with van der Waals surface area (Å²) < 4.78 is 18.4. The van der Waals surface area contributed by atoms with Crippen molar-refractivity contribution >= 4 is 11.6 Å². The predicted octanol–water partition coefficient (Wildman–Crippen LogP) is 2.53. The molecule has 0 aliphatic rings. The molecule has 0 aliphatic carbocycles. The first-order chi connectivity index (χ1) is 12.4. The van der Waals surface area contributed by atoms with E-state index in [1.54, 1.807) is 12.1 Å². The second-order valence-electron chi connectivity index (χ2n) is 5.87. The molecule has 0 aromatic heterocycles. The maximum Gasteiger partial charge on any atom is 0.269 e. The lowest BCUT2D eigenvalue weighted by atomic mass is 10.1. The Labute approximate surface area is 150 Å². The molecule has 0 aliphatic heterocycles. The first-order valence-corrected chi connectivity index (χ1v) is 7.92. The number of nitro groups is 1. The number of rotatable bonds is 8. The van der Waals surface area contributed by atoms with Gasteiger partial charge in [0, 0.05) is 18.7 Å². The van der Waals surface area contributed by atoms with Crippen LogP contribution in [0.4, 0.5) is 10.1 Å². The maximum atomic E-state index is 13.1. The molecule has 7 nitrogen and oxygen atoms in total. The van der Waals surface area contributed by atoms with Crippen LogP contribution in [-0.4, -0.2) is 43.0 Å². The Kier molecular flexibility index (Phi) is 6.62. The molecule has 0 heterocycles. The second kappa shape index (κ2) is 8.91. The van der Waals surface area contributed by atoms with E-state index in [-0.39, 0.29) is 30.1 Å². The smallest absolute Gasteiger partial charge is 0.269 e. The number of halogens is 1. The number of nitrogens with one attached hydrogen (secondary N) is 1. The number of carbonyl (C=O) groups is 1. The Morgan fingerprint density at radius 3 is 2.35 bits per heavy atom. The highest BCUT2D eigenvalue weighted by Gasteiger charge is 2.15. The van der Waals surface area contributed by atoms with Crippen molar-refractivity contribution in [3.63, 3.8) is 0 Å². The molecule has 0 bridgehead atoms. The lowest BCUT2D eigenvalue weighted by molar-refractivity contribution is -0.384. The van der Waals surface area contributed by atoms with Crippen molar-refractivity contribution in [2.75, 3.05) is 27.2 Å². The molecule has 0 saturated heterocycles. The lowest BCUT2D eigenvalue weighted by Crippen LogP contribution is -2.36. The summed E-state index contributed by atoms with van der Waals surface area (Å²) in [6.07, 6.45) is 0. The average molecular weight is 361 g/mol. The molecule has 138 valence electrons. The van der Waals surface area contributed by atoms with E-state index < -0.39 is 4.92 Å². The van der Waals surface area contributed by atoms with Gasteiger partial charge < -0.3 is 15.0 Å². The van der Waals surface area contributed by atoms with Crippen molar-refractivity contribution < 1.29 is 18.8 Å². The van der Waals surface area contributed by atoms with Crippen LogP contribution < -0.4 is 10.1 Å². The third-order valence-corrected chi connectivity index (χ3v) is 3.79. The summed E-state index contributed by atoms with van der Waals surface area (Å²) >= 11 is 0. The van der Waals surface area contributed by atoms with Gasteiger partial charge in [0.15, 0.2) is 6.61 Å². The van der Waals surface area contributed by atoms with Crippen LogP contribution in [0.25, 0.3) is 0 Å². The highest BCUT2D eigenvalue weighted by molar-refractivity contribution is 5.77. The number of non-ortho nitro benzene ring substituents is 1. The summed E-state index contributed by atoms with van der Waals surface area (Å²) in [4.78, 5) is 24.0. The van der Waals surface area contributed by atoms with Gasteiger partial charge in [0.05, 0.1) is 11.0 Å². The van der Waals surface area contributed by atoms with Gasteiger partial charge in [-0.2, -0.15) is 0 Å². The number of hydrogen-bond donors (Lipinski definition) is 1. The number of nitro benzene ring substituents is 1. The zero-order chi connectivity index (χ0) is 19.1. The third kappa shape index (κ3) is 5.52. The van der Waals surface area contributed by atoms with E-state index in [9.17, 15) is 19.3 Å². The van der Waals surface area contributed by atoms with Crippen LogP contribution in [0.2, 0.25) is 0 Å². The molecule has 0 fully saturated rings. The van der Waals surface area contributed by atoms with Gasteiger partial charge in [-0.15, -0.1) is 0 Å². The fraction of sp³-hybridized carbons (Fsp3) is 0.278. The molecule has 1 amide bonds. The number of benzene rings is 2. The Hall–Kier alpha value is -3.00. The highest BCUT2D eigenvalue weighted by Crippen LogP contribution is 2.18. The minimum Gasteiger partial charge on any atom is -0.484 e. The molecule has 2 aromatic carbocycles. The van der Waals surface area contributed by atoms with Crippen molar-refractivity contribution in [2.45, 2.75) is 6.04 Å². The average Bonchev–Trinajstić information content (AvgIpc) is 2.61. The molecular formula is C18H20FN3O4. The fourth-order valence-electron chi connectivity index (χ4n) is 2.36. The van der Waals surface area contributed by atoms with Crippen molar-refractivity contribution in [1.29, 1.82) is 0 Å². The highest BCUT2D eigenvalue weighted by atomic mass is 19.1. The molecule has 1 N–H and O–H groups in total. The molecule has 0 saturated carbocycles. The van der Waals surface area contributed by atoms with E-state index in [4.69, 9.17) is 4.74 Å². The summed E-state index contributed by atoms with van der Waals surface area (Å²) in [5.41, 5.74) is 0.836. The first kappa shape index (κ1) is 19.3. The molecule has 2 aromatic rings. The summed E-state index contributed by atoms with van der Waals surface area (Å²) in [5, 5.41) is 13.4. The fourth-order valence-corrected chi connectivity index (χ4v) is 2.36. The molecule has 0 spiro atoms. The van der Waals surface area contributed by atoms with Gasteiger partial charge in [0.25, 0.3) is 11.6 Å². The summed E-state index contributed by atoms with van der Waals surface area (Å²) in [6, 6.07) is 11.5. The molecule has 2 rings (SSSR count). The standard InChI is InChI=1S/C18H20FN3O4/c1-21(2)17(13-3-5-14(19)6-4-13)11-20-18(23)12-26-16-9-7-15(8-10-16)22(24)25/h3-10,17H,11-12H2,1-2H3,(H,20,23). The molecule has 1 unspecified atom stereocenters. The molecule has 8 heteroatoms. The summed E-state index contributed by atoms with van der Waals surface area (Å²) in [7, 11) is 3.74. The third-order valence-electron chi connectivity index (χ3n) is 3.79. The number of likely N-dealkylation sites (N-methyl/N-ethyl adjacent to an activating group) is 1. The zero-order valence-corrected chi connectivity index (χ0v) is 14.5. The summed E-state index contributed by atoms with van der Waals surface area (Å²) in [5.74, 6) is -0.266. The van der Waals surface area contributed by atoms with E-state index in [1.807, 2.05) is 19.0 Å². The van der Waals surface area contributed by atoms with Crippen LogP contribution in [0.15, 0.2) is 48.5 Å². The van der Waals surface area contributed by atoms with E-state index in [0.29, 0.717) is 12.3 Å². The molecule has 1 atom stereocenters. The Bertz CT molecular complexity index is 748. The van der Waals surface area contributed by atoms with Crippen LogP contribution in [0.5, 0.6) is 5.75 Å². The van der Waals surface area contributed by atoms with Crippen molar-refractivity contribution in [2.24, 2.45) is 0 Å². The molecule has 0 radical (unpaired) electrons. The second-order valence-corrected chi connectivity index (χ2v) is 5.87. The van der Waals surface area contributed by atoms with Gasteiger partial charge in [-0.25, -0.2) is 4.39 Å². The van der Waals surface area contributed by atoms with E-state index in [2.05, 4.69) is 5.32 Å². The Morgan fingerprint density at radius 1 is 1.19 bits per heavy atom. The summed E-state index contributed by atoms with van der Waals surface area (Å²) in [6.45, 7) is 0.127. The normalized spacial score (nSPS) is 11.8. The lowest BCUT2D eigenvalue weighted by Gasteiger charge is -2.25. The van der Waals surface area contributed by atoms with Gasteiger partial charge in [-0.3, -0.25) is 14.9 Å². The van der Waals surface area contributed by atoms with Crippen molar-refractivity contribution in [3.05, 3.63) is 70.0 Å². The minimum absolute atomic E-state index is 0.0464. The Balaban J connectivity index is 1.86. The van der Waals surface area contributed by atoms with E-state index in [0.717, 1.165) is 5.56 Å². The number of nitrogens with zero attached hydrogens (tertiary/aromatic N) is 2. The SMILES string of the molecule is CN(C)C(CNC(=O)COc1ccc([N+](=O)[O-])cc1)c1ccc(F)cc1. The van der Waals surface area contributed by atoms with E-state index in [1.165, 1.54) is 36.4 Å². The van der Waals surface area contributed by atoms with Gasteiger partial charge in [-0.1, -0.05) is 12.1 Å². The Morgan fingerprint density at radius 2 is 1.81 bits per heavy atom. The van der Waals surface area contributed by atoms with Crippen molar-refractivity contribution in [3.8, 4) is 5.75 Å². The first-order valence-electron chi connectivity index (χ1n) is 7.92. The van der Waals surface area contributed by atoms with Gasteiger partial charge in [-0.05, 0) is 43.9 Å². The van der Waals surface area contributed by atoms with Gasteiger partial charge in [0.2, 0.25) is 0 Å². The predicted molar refractivity (Wildman–Crippen MR) is 94.4 cm³/mol. The van der Waals surface area contributed by atoms with Gasteiger partial charge >= 0.3 is 0 Å². The topological polar surface area (TPSA) is 84.7 Å². The van der Waals surface area contributed by atoms with Gasteiger partial charge in [0.1, 0.15) is 11.6 Å². The number of carbonyl (C=O) groups excluding carboxylic acids is 1. The van der Waals surface area contributed by atoms with E-state index >= 15 is 0 Å². The number of ether oxygens (including phenoxy) is 1. The maximum absolute atomic E-state index is 13.1.